The van der Waals surface area contributed by atoms with E-state index in [4.69, 9.17) is 13.9 Å². The number of furan rings is 1. The van der Waals surface area contributed by atoms with Crippen molar-refractivity contribution in [2.45, 2.75) is 20.3 Å². The van der Waals surface area contributed by atoms with E-state index in [1.54, 1.807) is 37.4 Å². The van der Waals surface area contributed by atoms with E-state index in [0.717, 1.165) is 16.5 Å². The lowest BCUT2D eigenvalue weighted by molar-refractivity contribution is -0.147. The predicted molar refractivity (Wildman–Crippen MR) is 111 cm³/mol. The van der Waals surface area contributed by atoms with Crippen molar-refractivity contribution in [2.75, 3.05) is 19.0 Å². The predicted octanol–water partition coefficient (Wildman–Crippen LogP) is 3.49. The van der Waals surface area contributed by atoms with Crippen molar-refractivity contribution in [1.29, 1.82) is 0 Å². The van der Waals surface area contributed by atoms with Gasteiger partial charge in [0.05, 0.1) is 19.8 Å². The molecule has 3 amide bonds. The number of anilines is 1. The number of esters is 1. The van der Waals surface area contributed by atoms with E-state index >= 15 is 0 Å². The number of hydrogen-bond donors (Lipinski definition) is 2. The minimum absolute atomic E-state index is 0.0680. The van der Waals surface area contributed by atoms with E-state index < -0.39 is 24.5 Å². The zero-order valence-corrected chi connectivity index (χ0v) is 16.9. The maximum atomic E-state index is 12.1. The molecule has 2 N–H and O–H groups in total. The second-order valence-corrected chi connectivity index (χ2v) is 6.76. The zero-order chi connectivity index (χ0) is 21.7. The van der Waals surface area contributed by atoms with Crippen molar-refractivity contribution in [1.82, 2.24) is 5.32 Å². The number of methoxy groups -OCH3 is 1. The first-order valence-electron chi connectivity index (χ1n) is 9.23. The maximum absolute atomic E-state index is 12.1. The molecule has 3 rings (SSSR count). The molecule has 8 heteroatoms. The molecule has 0 radical (unpaired) electrons. The molecule has 0 unspecified atom stereocenters. The molecule has 0 atom stereocenters. The average Bonchev–Trinajstić information content (AvgIpc) is 3.11. The van der Waals surface area contributed by atoms with Crippen LogP contribution in [0, 0.1) is 13.8 Å². The van der Waals surface area contributed by atoms with E-state index in [9.17, 15) is 14.4 Å². The van der Waals surface area contributed by atoms with Crippen LogP contribution in [0.25, 0.3) is 11.0 Å². The number of imide groups is 1. The van der Waals surface area contributed by atoms with E-state index in [-0.39, 0.29) is 6.42 Å². The SMILES string of the molecule is COc1ccc2c(CC(=O)OCC(=O)NC(=O)Nc3ccc(C)c(C)c3)coc2c1. The van der Waals surface area contributed by atoms with Gasteiger partial charge in [-0.05, 0) is 49.2 Å². The molecular weight excluding hydrogens is 388 g/mol. The van der Waals surface area contributed by atoms with E-state index in [1.165, 1.54) is 6.26 Å². The lowest BCUT2D eigenvalue weighted by Gasteiger charge is -2.09. The minimum atomic E-state index is -0.730. The number of ether oxygens (including phenoxy) is 2. The number of carbonyl (C=O) groups is 3. The number of aryl methyl sites for hydroxylation is 2. The Morgan fingerprint density at radius 2 is 1.83 bits per heavy atom. The van der Waals surface area contributed by atoms with Gasteiger partial charge in [-0.2, -0.15) is 0 Å². The van der Waals surface area contributed by atoms with Crippen LogP contribution in [0.3, 0.4) is 0 Å². The van der Waals surface area contributed by atoms with Crippen molar-refractivity contribution >= 4 is 34.6 Å². The third-order valence-corrected chi connectivity index (χ3v) is 4.58. The third kappa shape index (κ3) is 5.16. The first-order valence-corrected chi connectivity index (χ1v) is 9.23. The Kier molecular flexibility index (Phi) is 6.36. The van der Waals surface area contributed by atoms with Crippen LogP contribution < -0.4 is 15.4 Å². The summed E-state index contributed by atoms with van der Waals surface area (Å²) in [6.07, 6.45) is 1.39. The van der Waals surface area contributed by atoms with E-state index in [0.29, 0.717) is 22.6 Å². The fraction of sp³-hybridized carbons (Fsp3) is 0.227. The number of hydrogen-bond acceptors (Lipinski definition) is 6. The van der Waals surface area contributed by atoms with Gasteiger partial charge in [0.25, 0.3) is 5.91 Å². The van der Waals surface area contributed by atoms with Crippen LogP contribution in [0.15, 0.2) is 47.1 Å². The molecule has 0 saturated carbocycles. The molecule has 0 aliphatic heterocycles. The summed E-state index contributed by atoms with van der Waals surface area (Å²) in [7, 11) is 1.55. The molecule has 0 bridgehead atoms. The summed E-state index contributed by atoms with van der Waals surface area (Å²) in [4.78, 5) is 35.8. The van der Waals surface area contributed by atoms with Crippen LogP contribution in [0.4, 0.5) is 10.5 Å². The lowest BCUT2D eigenvalue weighted by atomic mass is 10.1. The molecule has 0 saturated heterocycles. The first-order chi connectivity index (χ1) is 14.4. The molecular formula is C22H22N2O6. The summed E-state index contributed by atoms with van der Waals surface area (Å²) in [5.74, 6) is -0.702. The van der Waals surface area contributed by atoms with E-state index in [1.807, 2.05) is 19.9 Å². The number of urea groups is 1. The molecule has 8 nitrogen and oxygen atoms in total. The van der Waals surface area contributed by atoms with Crippen LogP contribution in [-0.4, -0.2) is 31.6 Å². The monoisotopic (exact) mass is 410 g/mol. The summed E-state index contributed by atoms with van der Waals surface area (Å²) < 4.78 is 15.5. The molecule has 1 heterocycles. The van der Waals surface area contributed by atoms with Gasteiger partial charge in [-0.1, -0.05) is 6.07 Å². The molecule has 3 aromatic rings. The smallest absolute Gasteiger partial charge is 0.325 e. The van der Waals surface area contributed by atoms with Crippen LogP contribution in [0.5, 0.6) is 5.75 Å². The fourth-order valence-electron chi connectivity index (χ4n) is 2.82. The van der Waals surface area contributed by atoms with Gasteiger partial charge in [0, 0.05) is 22.7 Å². The zero-order valence-electron chi connectivity index (χ0n) is 16.9. The Labute approximate surface area is 173 Å². The average molecular weight is 410 g/mol. The standard InChI is InChI=1S/C22H22N2O6/c1-13-4-5-16(8-14(13)2)23-22(27)24-20(25)12-30-21(26)9-15-11-29-19-10-17(28-3)6-7-18(15)19/h4-8,10-11H,9,12H2,1-3H3,(H2,23,24,25,27). The molecule has 156 valence electrons. The van der Waals surface area contributed by atoms with Crippen molar-refractivity contribution in [2.24, 2.45) is 0 Å². The number of rotatable bonds is 6. The normalized spacial score (nSPS) is 10.5. The number of carbonyl (C=O) groups excluding carboxylic acids is 3. The number of fused-ring (bicyclic) bond motifs is 1. The summed E-state index contributed by atoms with van der Waals surface area (Å²) in [5, 5.41) is 5.44. The Bertz CT molecular complexity index is 1100. The Balaban J connectivity index is 1.48. The van der Waals surface area contributed by atoms with Gasteiger partial charge >= 0.3 is 12.0 Å². The van der Waals surface area contributed by atoms with Gasteiger partial charge in [-0.25, -0.2) is 4.79 Å². The first kappa shape index (κ1) is 20.9. The summed E-state index contributed by atoms with van der Waals surface area (Å²) >= 11 is 0. The lowest BCUT2D eigenvalue weighted by Crippen LogP contribution is -2.37. The molecule has 0 aliphatic carbocycles. The van der Waals surface area contributed by atoms with E-state index in [2.05, 4.69) is 10.6 Å². The maximum Gasteiger partial charge on any atom is 0.325 e. The van der Waals surface area contributed by atoms with Crippen molar-refractivity contribution < 1.29 is 28.3 Å². The Morgan fingerprint density at radius 1 is 1.03 bits per heavy atom. The summed E-state index contributed by atoms with van der Waals surface area (Å²) in [6.45, 7) is 3.31. The highest BCUT2D eigenvalue weighted by Gasteiger charge is 2.15. The summed E-state index contributed by atoms with van der Waals surface area (Å²) in [5.41, 5.74) is 3.87. The molecule has 0 fully saturated rings. The third-order valence-electron chi connectivity index (χ3n) is 4.58. The van der Waals surface area contributed by atoms with Crippen molar-refractivity contribution in [3.63, 3.8) is 0 Å². The summed E-state index contributed by atoms with van der Waals surface area (Å²) in [6, 6.07) is 9.95. The van der Waals surface area contributed by atoms with Crippen LogP contribution in [0.2, 0.25) is 0 Å². The Hall–Kier alpha value is -3.81. The van der Waals surface area contributed by atoms with Gasteiger partial charge < -0.3 is 19.2 Å². The van der Waals surface area contributed by atoms with Gasteiger partial charge in [0.1, 0.15) is 11.3 Å². The number of nitrogens with one attached hydrogen (secondary N) is 2. The molecule has 0 spiro atoms. The van der Waals surface area contributed by atoms with Crippen molar-refractivity contribution in [3.05, 3.63) is 59.4 Å². The van der Waals surface area contributed by atoms with Crippen LogP contribution in [0.1, 0.15) is 16.7 Å². The minimum Gasteiger partial charge on any atom is -0.497 e. The topological polar surface area (TPSA) is 107 Å². The van der Waals surface area contributed by atoms with Crippen LogP contribution >= 0.6 is 0 Å². The number of benzene rings is 2. The molecule has 1 aromatic heterocycles. The van der Waals surface area contributed by atoms with Crippen LogP contribution in [-0.2, 0) is 20.7 Å². The highest BCUT2D eigenvalue weighted by Crippen LogP contribution is 2.26. The molecule has 30 heavy (non-hydrogen) atoms. The highest BCUT2D eigenvalue weighted by molar-refractivity contribution is 6.02. The van der Waals surface area contributed by atoms with Crippen molar-refractivity contribution in [3.8, 4) is 5.75 Å². The largest absolute Gasteiger partial charge is 0.497 e. The second kappa shape index (κ2) is 9.13. The number of amides is 3. The fourth-order valence-corrected chi connectivity index (χ4v) is 2.82. The molecule has 2 aromatic carbocycles. The van der Waals surface area contributed by atoms with Gasteiger partial charge in [-0.3, -0.25) is 14.9 Å². The quantitative estimate of drug-likeness (QED) is 0.603. The van der Waals surface area contributed by atoms with Gasteiger partial charge in [-0.15, -0.1) is 0 Å². The molecule has 0 aliphatic rings. The van der Waals surface area contributed by atoms with Gasteiger partial charge in [0.2, 0.25) is 0 Å². The van der Waals surface area contributed by atoms with Gasteiger partial charge in [0.15, 0.2) is 6.61 Å². The second-order valence-electron chi connectivity index (χ2n) is 6.76. The highest BCUT2D eigenvalue weighted by atomic mass is 16.5. The Morgan fingerprint density at radius 3 is 2.57 bits per heavy atom.